The molecule has 1 aromatic heterocycles. The van der Waals surface area contributed by atoms with E-state index in [2.05, 4.69) is 5.10 Å². The Morgan fingerprint density at radius 1 is 1.40 bits per heavy atom. The van der Waals surface area contributed by atoms with Gasteiger partial charge < -0.3 is 5.73 Å². The number of nitrogen functional groups attached to an aromatic ring is 1. The summed E-state index contributed by atoms with van der Waals surface area (Å²) in [6.07, 6.45) is 1.85. The SMILES string of the molecule is Cc1ccn(Cc2cc(F)ccc2N)n1. The number of aromatic nitrogens is 2. The molecule has 4 heteroatoms. The Morgan fingerprint density at radius 3 is 2.87 bits per heavy atom. The second-order valence-electron chi connectivity index (χ2n) is 3.50. The van der Waals surface area contributed by atoms with Crippen molar-refractivity contribution in [2.45, 2.75) is 13.5 Å². The van der Waals surface area contributed by atoms with Crippen LogP contribution in [0.2, 0.25) is 0 Å². The van der Waals surface area contributed by atoms with Gasteiger partial charge in [0.1, 0.15) is 5.82 Å². The van der Waals surface area contributed by atoms with Gasteiger partial charge in [-0.3, -0.25) is 4.68 Å². The Morgan fingerprint density at radius 2 is 2.20 bits per heavy atom. The first-order chi connectivity index (χ1) is 7.15. The Labute approximate surface area is 87.3 Å². The summed E-state index contributed by atoms with van der Waals surface area (Å²) in [5.41, 5.74) is 8.01. The van der Waals surface area contributed by atoms with E-state index in [0.29, 0.717) is 12.2 Å². The van der Waals surface area contributed by atoms with E-state index >= 15 is 0 Å². The second kappa shape index (κ2) is 3.73. The molecule has 0 atom stereocenters. The summed E-state index contributed by atoms with van der Waals surface area (Å²) in [6.45, 7) is 2.41. The van der Waals surface area contributed by atoms with Crippen LogP contribution < -0.4 is 5.73 Å². The summed E-state index contributed by atoms with van der Waals surface area (Å²) in [7, 11) is 0. The molecule has 0 unspecified atom stereocenters. The van der Waals surface area contributed by atoms with Crippen molar-refractivity contribution < 1.29 is 4.39 Å². The van der Waals surface area contributed by atoms with Crippen LogP contribution in [0.25, 0.3) is 0 Å². The van der Waals surface area contributed by atoms with Crippen molar-refractivity contribution in [3.8, 4) is 0 Å². The number of nitrogens with two attached hydrogens (primary N) is 1. The topological polar surface area (TPSA) is 43.8 Å². The van der Waals surface area contributed by atoms with E-state index in [1.807, 2.05) is 19.2 Å². The fourth-order valence-corrected chi connectivity index (χ4v) is 1.44. The first kappa shape index (κ1) is 9.71. The maximum atomic E-state index is 13.0. The van der Waals surface area contributed by atoms with Gasteiger partial charge in [-0.25, -0.2) is 4.39 Å². The number of aryl methyl sites for hydroxylation is 1. The number of nitrogens with zero attached hydrogens (tertiary/aromatic N) is 2. The van der Waals surface area contributed by atoms with Crippen LogP contribution in [-0.2, 0) is 6.54 Å². The zero-order valence-corrected chi connectivity index (χ0v) is 8.44. The van der Waals surface area contributed by atoms with Crippen molar-refractivity contribution in [3.05, 3.63) is 47.5 Å². The highest BCUT2D eigenvalue weighted by molar-refractivity contribution is 5.46. The van der Waals surface area contributed by atoms with Crippen LogP contribution in [0, 0.1) is 12.7 Å². The average molecular weight is 205 g/mol. The fourth-order valence-electron chi connectivity index (χ4n) is 1.44. The third-order valence-electron chi connectivity index (χ3n) is 2.21. The summed E-state index contributed by atoms with van der Waals surface area (Å²) in [5, 5.41) is 4.22. The Balaban J connectivity index is 2.27. The molecule has 0 saturated carbocycles. The summed E-state index contributed by atoms with van der Waals surface area (Å²) in [4.78, 5) is 0. The quantitative estimate of drug-likeness (QED) is 0.761. The van der Waals surface area contributed by atoms with E-state index in [0.717, 1.165) is 11.3 Å². The standard InChI is InChI=1S/C11H12FN3/c1-8-4-5-15(14-8)7-9-6-10(12)2-3-11(9)13/h2-6H,7,13H2,1H3. The van der Waals surface area contributed by atoms with Crippen LogP contribution >= 0.6 is 0 Å². The molecule has 2 rings (SSSR count). The highest BCUT2D eigenvalue weighted by Gasteiger charge is 2.02. The van der Waals surface area contributed by atoms with E-state index in [1.165, 1.54) is 12.1 Å². The monoisotopic (exact) mass is 205 g/mol. The summed E-state index contributed by atoms with van der Waals surface area (Å²) in [5.74, 6) is -0.275. The maximum absolute atomic E-state index is 13.0. The molecule has 2 N–H and O–H groups in total. The molecular formula is C11H12FN3. The molecule has 0 radical (unpaired) electrons. The summed E-state index contributed by atoms with van der Waals surface area (Å²) >= 11 is 0. The van der Waals surface area contributed by atoms with Gasteiger partial charge in [-0.1, -0.05) is 0 Å². The Hall–Kier alpha value is -1.84. The van der Waals surface area contributed by atoms with Crippen LogP contribution in [0.1, 0.15) is 11.3 Å². The number of benzene rings is 1. The molecule has 0 spiro atoms. The van der Waals surface area contributed by atoms with E-state index in [1.54, 1.807) is 10.7 Å². The molecule has 1 heterocycles. The lowest BCUT2D eigenvalue weighted by Gasteiger charge is -2.05. The van der Waals surface area contributed by atoms with Gasteiger partial charge >= 0.3 is 0 Å². The first-order valence-electron chi connectivity index (χ1n) is 4.69. The molecule has 0 aliphatic carbocycles. The Bertz CT molecular complexity index is 476. The van der Waals surface area contributed by atoms with Crippen molar-refractivity contribution in [1.29, 1.82) is 0 Å². The highest BCUT2D eigenvalue weighted by atomic mass is 19.1. The predicted molar refractivity (Wildman–Crippen MR) is 56.9 cm³/mol. The van der Waals surface area contributed by atoms with Crippen LogP contribution in [0.5, 0.6) is 0 Å². The van der Waals surface area contributed by atoms with Gasteiger partial charge in [0.2, 0.25) is 0 Å². The Kier molecular flexibility index (Phi) is 2.41. The normalized spacial score (nSPS) is 10.5. The van der Waals surface area contributed by atoms with Crippen molar-refractivity contribution in [3.63, 3.8) is 0 Å². The lowest BCUT2D eigenvalue weighted by molar-refractivity contribution is 0.619. The van der Waals surface area contributed by atoms with E-state index in [-0.39, 0.29) is 5.82 Å². The molecular weight excluding hydrogens is 193 g/mol. The van der Waals surface area contributed by atoms with Gasteiger partial charge in [0, 0.05) is 11.9 Å². The molecule has 0 fully saturated rings. The number of hydrogen-bond acceptors (Lipinski definition) is 2. The van der Waals surface area contributed by atoms with Gasteiger partial charge in [-0.05, 0) is 36.8 Å². The van der Waals surface area contributed by atoms with Crippen molar-refractivity contribution in [2.75, 3.05) is 5.73 Å². The first-order valence-corrected chi connectivity index (χ1v) is 4.69. The number of anilines is 1. The lowest BCUT2D eigenvalue weighted by atomic mass is 10.2. The minimum atomic E-state index is -0.275. The predicted octanol–water partition coefficient (Wildman–Crippen LogP) is 1.96. The van der Waals surface area contributed by atoms with E-state index in [9.17, 15) is 4.39 Å². The minimum Gasteiger partial charge on any atom is -0.398 e. The molecule has 2 aromatic rings. The average Bonchev–Trinajstić information content (AvgIpc) is 2.58. The largest absolute Gasteiger partial charge is 0.398 e. The zero-order chi connectivity index (χ0) is 10.8. The zero-order valence-electron chi connectivity index (χ0n) is 8.44. The van der Waals surface area contributed by atoms with Gasteiger partial charge in [-0.15, -0.1) is 0 Å². The molecule has 78 valence electrons. The van der Waals surface area contributed by atoms with Gasteiger partial charge in [0.25, 0.3) is 0 Å². The fraction of sp³-hybridized carbons (Fsp3) is 0.182. The molecule has 1 aromatic carbocycles. The van der Waals surface area contributed by atoms with Gasteiger partial charge in [0.15, 0.2) is 0 Å². The van der Waals surface area contributed by atoms with Crippen LogP contribution in [-0.4, -0.2) is 9.78 Å². The lowest BCUT2D eigenvalue weighted by Crippen LogP contribution is -2.04. The maximum Gasteiger partial charge on any atom is 0.123 e. The van der Waals surface area contributed by atoms with E-state index in [4.69, 9.17) is 5.73 Å². The van der Waals surface area contributed by atoms with Gasteiger partial charge in [-0.2, -0.15) is 5.10 Å². The second-order valence-corrected chi connectivity index (χ2v) is 3.50. The minimum absolute atomic E-state index is 0.275. The van der Waals surface area contributed by atoms with Crippen LogP contribution in [0.3, 0.4) is 0 Å². The van der Waals surface area contributed by atoms with Crippen molar-refractivity contribution in [2.24, 2.45) is 0 Å². The number of halogens is 1. The molecule has 0 saturated heterocycles. The molecule has 3 nitrogen and oxygen atoms in total. The number of rotatable bonds is 2. The number of hydrogen-bond donors (Lipinski definition) is 1. The van der Waals surface area contributed by atoms with E-state index < -0.39 is 0 Å². The molecule has 0 aliphatic heterocycles. The van der Waals surface area contributed by atoms with Crippen LogP contribution in [0.4, 0.5) is 10.1 Å². The third-order valence-corrected chi connectivity index (χ3v) is 2.21. The third kappa shape index (κ3) is 2.15. The summed E-state index contributed by atoms with van der Waals surface area (Å²) < 4.78 is 14.7. The molecule has 0 aliphatic rings. The van der Waals surface area contributed by atoms with Crippen molar-refractivity contribution >= 4 is 5.69 Å². The molecule has 15 heavy (non-hydrogen) atoms. The van der Waals surface area contributed by atoms with Crippen LogP contribution in [0.15, 0.2) is 30.5 Å². The molecule has 0 bridgehead atoms. The summed E-state index contributed by atoms with van der Waals surface area (Å²) in [6, 6.07) is 6.26. The molecule has 0 amide bonds. The smallest absolute Gasteiger partial charge is 0.123 e. The van der Waals surface area contributed by atoms with Crippen molar-refractivity contribution in [1.82, 2.24) is 9.78 Å². The highest BCUT2D eigenvalue weighted by Crippen LogP contribution is 2.14. The van der Waals surface area contributed by atoms with Gasteiger partial charge in [0.05, 0.1) is 12.2 Å².